The Bertz CT molecular complexity index is 3760. The predicted molar refractivity (Wildman–Crippen MR) is 274 cm³/mol. The molecule has 0 saturated heterocycles. The molecule has 0 bridgehead atoms. The number of anilines is 6. The molecule has 14 rings (SSSR count). The molecule has 0 atom stereocenters. The number of hydrogen-bond acceptors (Lipinski definition) is 3. The Morgan fingerprint density at radius 2 is 0.800 bits per heavy atom. The summed E-state index contributed by atoms with van der Waals surface area (Å²) in [5.41, 5.74) is 17.8. The second-order valence-electron chi connectivity index (χ2n) is 17.2. The van der Waals surface area contributed by atoms with Crippen molar-refractivity contribution < 1.29 is 0 Å². The number of aromatic nitrogens is 1. The van der Waals surface area contributed by atoms with Crippen molar-refractivity contribution in [3.63, 3.8) is 0 Å². The van der Waals surface area contributed by atoms with Gasteiger partial charge >= 0.3 is 0 Å². The first-order chi connectivity index (χ1) is 32.3. The van der Waals surface area contributed by atoms with Crippen LogP contribution < -0.4 is 9.80 Å². The largest absolute Gasteiger partial charge is 0.309 e. The lowest BCUT2D eigenvalue weighted by molar-refractivity contribution is 0.748. The molecule has 2 aliphatic rings. The van der Waals surface area contributed by atoms with Crippen LogP contribution in [0.25, 0.3) is 58.8 Å². The van der Waals surface area contributed by atoms with Gasteiger partial charge in [-0.3, -0.25) is 0 Å². The summed E-state index contributed by atoms with van der Waals surface area (Å²) in [6.07, 6.45) is 0. The Kier molecular flexibility index (Phi) is 7.77. The molecule has 0 unspecified atom stereocenters. The average molecular weight is 846 g/mol. The van der Waals surface area contributed by atoms with E-state index in [0.29, 0.717) is 0 Å². The molecule has 3 heterocycles. The van der Waals surface area contributed by atoms with Crippen LogP contribution in [0.15, 0.2) is 237 Å². The van der Waals surface area contributed by atoms with E-state index in [2.05, 4.69) is 251 Å². The molecule has 1 aliphatic heterocycles. The van der Waals surface area contributed by atoms with E-state index in [1.54, 1.807) is 0 Å². The number of thiophene rings is 1. The molecule has 4 heteroatoms. The number of hydrogen-bond donors (Lipinski definition) is 0. The van der Waals surface area contributed by atoms with E-state index in [1.807, 2.05) is 11.3 Å². The molecule has 0 radical (unpaired) electrons. The van der Waals surface area contributed by atoms with E-state index in [1.165, 1.54) is 81.0 Å². The van der Waals surface area contributed by atoms with E-state index in [-0.39, 0.29) is 0 Å². The third-order valence-corrected chi connectivity index (χ3v) is 15.2. The van der Waals surface area contributed by atoms with Gasteiger partial charge in [0.1, 0.15) is 0 Å². The fraction of sp³-hybridized carbons (Fsp3) is 0.0164. The van der Waals surface area contributed by atoms with Gasteiger partial charge in [-0.2, -0.15) is 0 Å². The molecule has 10 aromatic carbocycles. The molecule has 0 saturated carbocycles. The van der Waals surface area contributed by atoms with Crippen molar-refractivity contribution in [3.8, 4) is 16.8 Å². The van der Waals surface area contributed by atoms with Gasteiger partial charge in [0.05, 0.1) is 42.9 Å². The van der Waals surface area contributed by atoms with E-state index < -0.39 is 5.41 Å². The summed E-state index contributed by atoms with van der Waals surface area (Å²) < 4.78 is 5.03. The van der Waals surface area contributed by atoms with E-state index in [9.17, 15) is 0 Å². The van der Waals surface area contributed by atoms with Gasteiger partial charge in [0.25, 0.3) is 0 Å². The minimum atomic E-state index is -0.554. The first-order valence-corrected chi connectivity index (χ1v) is 23.2. The van der Waals surface area contributed by atoms with Crippen LogP contribution in [0.4, 0.5) is 34.1 Å². The highest BCUT2D eigenvalue weighted by molar-refractivity contribution is 7.27. The van der Waals surface area contributed by atoms with Crippen molar-refractivity contribution in [1.29, 1.82) is 0 Å². The van der Waals surface area contributed by atoms with Gasteiger partial charge in [0.15, 0.2) is 0 Å². The molecule has 12 aromatic rings. The van der Waals surface area contributed by atoms with Gasteiger partial charge in [0, 0.05) is 44.3 Å². The molecule has 3 nitrogen and oxygen atoms in total. The zero-order valence-corrected chi connectivity index (χ0v) is 36.1. The van der Waals surface area contributed by atoms with E-state index >= 15 is 0 Å². The summed E-state index contributed by atoms with van der Waals surface area (Å²) in [7, 11) is 0. The summed E-state index contributed by atoms with van der Waals surface area (Å²) in [6.45, 7) is 0. The summed E-state index contributed by atoms with van der Waals surface area (Å²) in [5.74, 6) is 0. The Hall–Kier alpha value is -8.18. The number of para-hydroxylation sites is 5. The van der Waals surface area contributed by atoms with Crippen LogP contribution in [0.2, 0.25) is 0 Å². The maximum absolute atomic E-state index is 2.54. The molecular formula is C61H39N3S. The van der Waals surface area contributed by atoms with E-state index in [4.69, 9.17) is 0 Å². The first kappa shape index (κ1) is 36.3. The van der Waals surface area contributed by atoms with Gasteiger partial charge in [-0.25, -0.2) is 0 Å². The SMILES string of the molecule is c1ccc(N(c2ccccc2)c2cccc3c2sc2c(N(c4ccccc4)c4cc5c6c(c4)c4ccccc4n6-c4ccccc4C54c5ccccc5-c5ccccc54)cccc23)cc1. The molecule has 1 spiro atoms. The number of benzene rings is 10. The molecule has 0 fully saturated rings. The highest BCUT2D eigenvalue weighted by atomic mass is 32.1. The Balaban J connectivity index is 1.09. The first-order valence-electron chi connectivity index (χ1n) is 22.4. The summed E-state index contributed by atoms with van der Waals surface area (Å²) in [4.78, 5) is 4.92. The second kappa shape index (κ2) is 13.9. The highest BCUT2D eigenvalue weighted by Crippen LogP contribution is 2.62. The molecule has 65 heavy (non-hydrogen) atoms. The van der Waals surface area contributed by atoms with Crippen LogP contribution in [0.5, 0.6) is 0 Å². The smallest absolute Gasteiger partial charge is 0.0755 e. The maximum Gasteiger partial charge on any atom is 0.0755 e. The van der Waals surface area contributed by atoms with Gasteiger partial charge < -0.3 is 14.4 Å². The number of nitrogens with zero attached hydrogens (tertiary/aromatic N) is 3. The quantitative estimate of drug-likeness (QED) is 0.165. The van der Waals surface area contributed by atoms with Crippen LogP contribution in [0, 0.1) is 0 Å². The van der Waals surface area contributed by atoms with Crippen LogP contribution >= 0.6 is 11.3 Å². The van der Waals surface area contributed by atoms with Crippen molar-refractivity contribution in [2.24, 2.45) is 0 Å². The predicted octanol–water partition coefficient (Wildman–Crippen LogP) is 16.8. The van der Waals surface area contributed by atoms with Crippen molar-refractivity contribution in [2.75, 3.05) is 9.80 Å². The van der Waals surface area contributed by atoms with Crippen molar-refractivity contribution in [3.05, 3.63) is 259 Å². The number of rotatable bonds is 6. The highest BCUT2D eigenvalue weighted by Gasteiger charge is 2.51. The molecule has 2 aromatic heterocycles. The molecule has 304 valence electrons. The number of fused-ring (bicyclic) bond motifs is 15. The molecular weight excluding hydrogens is 807 g/mol. The molecule has 0 amide bonds. The summed E-state index contributed by atoms with van der Waals surface area (Å²) in [5, 5.41) is 4.99. The third-order valence-electron chi connectivity index (χ3n) is 13.9. The molecule has 1 aliphatic carbocycles. The maximum atomic E-state index is 2.54. The Morgan fingerprint density at radius 1 is 0.338 bits per heavy atom. The minimum Gasteiger partial charge on any atom is -0.309 e. The standard InChI is InChI=1S/C61H39N3S/c1-4-20-40(21-5-1)62(41-22-6-2-7-23-41)56-36-18-29-47-48-30-19-37-57(60(48)65-59(47)56)63(42-24-8-3-9-25-42)43-38-49-46-28-12-16-34-54(46)64-55-35-17-15-33-52(55)61(53(39-43)58(49)64)50-31-13-10-26-44(50)45-27-11-14-32-51(45)61/h1-39H. The van der Waals surface area contributed by atoms with Crippen LogP contribution in [0.1, 0.15) is 22.3 Å². The topological polar surface area (TPSA) is 11.4 Å². The van der Waals surface area contributed by atoms with Gasteiger partial charge in [-0.1, -0.05) is 164 Å². The normalized spacial score (nSPS) is 13.0. The second-order valence-corrected chi connectivity index (χ2v) is 18.2. The molecule has 0 N–H and O–H groups in total. The zero-order valence-electron chi connectivity index (χ0n) is 35.3. The average Bonchev–Trinajstić information content (AvgIpc) is 4.03. The Morgan fingerprint density at radius 3 is 1.38 bits per heavy atom. The van der Waals surface area contributed by atoms with Gasteiger partial charge in [-0.15, -0.1) is 11.3 Å². The monoisotopic (exact) mass is 845 g/mol. The van der Waals surface area contributed by atoms with E-state index in [0.717, 1.165) is 34.1 Å². The van der Waals surface area contributed by atoms with Crippen molar-refractivity contribution in [1.82, 2.24) is 4.57 Å². The zero-order chi connectivity index (χ0) is 42.6. The lowest BCUT2D eigenvalue weighted by Crippen LogP contribution is -2.33. The fourth-order valence-electron chi connectivity index (χ4n) is 11.4. The lowest BCUT2D eigenvalue weighted by atomic mass is 9.65. The Labute approximate surface area is 380 Å². The summed E-state index contributed by atoms with van der Waals surface area (Å²) >= 11 is 1.89. The van der Waals surface area contributed by atoms with Gasteiger partial charge in [0.2, 0.25) is 0 Å². The summed E-state index contributed by atoms with van der Waals surface area (Å²) in [6, 6.07) is 87.4. The fourth-order valence-corrected chi connectivity index (χ4v) is 12.7. The van der Waals surface area contributed by atoms with Crippen molar-refractivity contribution in [2.45, 2.75) is 5.41 Å². The third kappa shape index (κ3) is 5.00. The van der Waals surface area contributed by atoms with Crippen molar-refractivity contribution >= 4 is 87.4 Å². The minimum absolute atomic E-state index is 0.554. The van der Waals surface area contributed by atoms with Crippen LogP contribution in [-0.4, -0.2) is 4.57 Å². The van der Waals surface area contributed by atoms with Gasteiger partial charge in [-0.05, 0) is 106 Å². The lowest BCUT2D eigenvalue weighted by Gasteiger charge is -2.40. The van der Waals surface area contributed by atoms with Crippen LogP contribution in [-0.2, 0) is 5.41 Å². The van der Waals surface area contributed by atoms with Crippen LogP contribution in [0.3, 0.4) is 0 Å².